The smallest absolute Gasteiger partial charge is 0.340 e. The van der Waals surface area contributed by atoms with Crippen molar-refractivity contribution >= 4 is 40.2 Å². The summed E-state index contributed by atoms with van der Waals surface area (Å²) in [4.78, 5) is 31.9. The van der Waals surface area contributed by atoms with Gasteiger partial charge in [0.05, 0.1) is 21.8 Å². The first-order chi connectivity index (χ1) is 15.0. The summed E-state index contributed by atoms with van der Waals surface area (Å²) >= 11 is 2.73. The van der Waals surface area contributed by atoms with E-state index in [4.69, 9.17) is 4.74 Å². The second-order valence-corrected chi connectivity index (χ2v) is 8.39. The van der Waals surface area contributed by atoms with Gasteiger partial charge < -0.3 is 9.64 Å². The van der Waals surface area contributed by atoms with Gasteiger partial charge in [-0.3, -0.25) is 4.79 Å². The summed E-state index contributed by atoms with van der Waals surface area (Å²) in [6, 6.07) is 16.4. The maximum atomic E-state index is 13.1. The molecule has 0 atom stereocenters. The van der Waals surface area contributed by atoms with Gasteiger partial charge in [-0.05, 0) is 47.8 Å². The number of carbonyl (C=O) groups excluding carboxylic acids is 2. The van der Waals surface area contributed by atoms with Crippen LogP contribution in [0.2, 0.25) is 0 Å². The minimum absolute atomic E-state index is 0.00650. The van der Waals surface area contributed by atoms with Crippen molar-refractivity contribution in [2.24, 2.45) is 0 Å². The number of thiophene rings is 1. The van der Waals surface area contributed by atoms with Gasteiger partial charge in [0.1, 0.15) is 17.4 Å². The molecule has 2 aromatic carbocycles. The highest BCUT2D eigenvalue weighted by atomic mass is 32.1. The number of anilines is 1. The zero-order valence-electron chi connectivity index (χ0n) is 16.4. The lowest BCUT2D eigenvalue weighted by atomic mass is 10.1. The van der Waals surface area contributed by atoms with E-state index in [1.54, 1.807) is 61.0 Å². The van der Waals surface area contributed by atoms with Crippen molar-refractivity contribution in [2.45, 2.75) is 6.61 Å². The monoisotopic (exact) mass is 452 g/mol. The number of hydrogen-bond donors (Lipinski definition) is 0. The van der Waals surface area contributed by atoms with Gasteiger partial charge >= 0.3 is 5.97 Å². The normalized spacial score (nSPS) is 10.6. The minimum Gasteiger partial charge on any atom is -0.455 e. The average molecular weight is 453 g/mol. The zero-order valence-corrected chi connectivity index (χ0v) is 18.1. The number of halogens is 1. The predicted octanol–water partition coefficient (Wildman–Crippen LogP) is 5.64. The summed E-state index contributed by atoms with van der Waals surface area (Å²) in [7, 11) is 1.63. The van der Waals surface area contributed by atoms with Gasteiger partial charge in [-0.1, -0.05) is 18.2 Å². The minimum atomic E-state index is -0.544. The Labute approximate surface area is 186 Å². The molecule has 4 rings (SSSR count). The standard InChI is InChI=1S/C23H17FN2O3S2/c1-26(22(27)20-7-4-12-30-20)19-6-3-2-5-18(19)23(28)29-13-17-14-31-21(25-17)15-8-10-16(24)11-9-15/h2-12,14H,13H2,1H3. The first kappa shape index (κ1) is 20.9. The van der Waals surface area contributed by atoms with Crippen LogP contribution in [0.4, 0.5) is 10.1 Å². The number of esters is 1. The van der Waals surface area contributed by atoms with Crippen LogP contribution in [0.25, 0.3) is 10.6 Å². The molecular formula is C23H17FN2O3S2. The Kier molecular flexibility index (Phi) is 6.20. The Morgan fingerprint density at radius 3 is 2.55 bits per heavy atom. The molecule has 0 bridgehead atoms. The Morgan fingerprint density at radius 2 is 1.81 bits per heavy atom. The number of aromatic nitrogens is 1. The van der Waals surface area contributed by atoms with Crippen molar-refractivity contribution in [1.82, 2.24) is 4.98 Å². The Bertz CT molecular complexity index is 1200. The van der Waals surface area contributed by atoms with Gasteiger partial charge in [0.15, 0.2) is 0 Å². The molecule has 0 radical (unpaired) electrons. The van der Waals surface area contributed by atoms with Crippen LogP contribution in [0.1, 0.15) is 25.7 Å². The average Bonchev–Trinajstić information content (AvgIpc) is 3.49. The van der Waals surface area contributed by atoms with Crippen LogP contribution in [0.15, 0.2) is 71.4 Å². The summed E-state index contributed by atoms with van der Waals surface area (Å²) in [5.41, 5.74) is 2.15. The molecule has 0 N–H and O–H groups in total. The lowest BCUT2D eigenvalue weighted by molar-refractivity contribution is 0.0469. The van der Waals surface area contributed by atoms with Gasteiger partial charge in [0.2, 0.25) is 0 Å². The van der Waals surface area contributed by atoms with Crippen molar-refractivity contribution in [1.29, 1.82) is 0 Å². The van der Waals surface area contributed by atoms with Crippen molar-refractivity contribution < 1.29 is 18.7 Å². The van der Waals surface area contributed by atoms with Crippen molar-refractivity contribution in [2.75, 3.05) is 11.9 Å². The predicted molar refractivity (Wildman–Crippen MR) is 120 cm³/mol. The second-order valence-electron chi connectivity index (χ2n) is 6.59. The fraction of sp³-hybridized carbons (Fsp3) is 0.0870. The van der Waals surface area contributed by atoms with Gasteiger partial charge in [-0.2, -0.15) is 0 Å². The van der Waals surface area contributed by atoms with E-state index in [-0.39, 0.29) is 18.3 Å². The van der Waals surface area contributed by atoms with Crippen LogP contribution in [-0.4, -0.2) is 23.9 Å². The van der Waals surface area contributed by atoms with E-state index >= 15 is 0 Å². The molecule has 1 amide bonds. The van der Waals surface area contributed by atoms with Crippen molar-refractivity contribution in [3.8, 4) is 10.6 Å². The third kappa shape index (κ3) is 4.70. The van der Waals surface area contributed by atoms with Gasteiger partial charge in [0, 0.05) is 18.0 Å². The number of amides is 1. The first-order valence-corrected chi connectivity index (χ1v) is 11.1. The number of para-hydroxylation sites is 1. The van der Waals surface area contributed by atoms with E-state index in [0.717, 1.165) is 5.56 Å². The fourth-order valence-electron chi connectivity index (χ4n) is 2.93. The topological polar surface area (TPSA) is 59.5 Å². The lowest BCUT2D eigenvalue weighted by Gasteiger charge is -2.19. The second kappa shape index (κ2) is 9.20. The molecule has 8 heteroatoms. The Morgan fingerprint density at radius 1 is 1.03 bits per heavy atom. The number of carbonyl (C=O) groups is 2. The van der Waals surface area contributed by atoms with E-state index in [0.29, 0.717) is 26.8 Å². The summed E-state index contributed by atoms with van der Waals surface area (Å²) < 4.78 is 18.6. The molecule has 0 aliphatic heterocycles. The zero-order chi connectivity index (χ0) is 21.8. The highest BCUT2D eigenvalue weighted by molar-refractivity contribution is 7.13. The molecule has 31 heavy (non-hydrogen) atoms. The summed E-state index contributed by atoms with van der Waals surface area (Å²) in [6.07, 6.45) is 0. The van der Waals surface area contributed by atoms with Crippen LogP contribution < -0.4 is 4.90 Å². The molecular weight excluding hydrogens is 435 g/mol. The van der Waals surface area contributed by atoms with Crippen LogP contribution in [0, 0.1) is 5.82 Å². The number of nitrogens with zero attached hydrogens (tertiary/aromatic N) is 2. The van der Waals surface area contributed by atoms with Crippen LogP contribution in [-0.2, 0) is 11.3 Å². The van der Waals surface area contributed by atoms with Crippen molar-refractivity contribution in [3.63, 3.8) is 0 Å². The fourth-order valence-corrected chi connectivity index (χ4v) is 4.44. The molecule has 156 valence electrons. The number of thiazole rings is 1. The maximum absolute atomic E-state index is 13.1. The lowest BCUT2D eigenvalue weighted by Crippen LogP contribution is -2.27. The number of ether oxygens (including phenoxy) is 1. The van der Waals surface area contributed by atoms with Crippen LogP contribution in [0.5, 0.6) is 0 Å². The molecule has 2 heterocycles. The van der Waals surface area contributed by atoms with Crippen LogP contribution >= 0.6 is 22.7 Å². The van der Waals surface area contributed by atoms with E-state index < -0.39 is 5.97 Å². The molecule has 4 aromatic rings. The van der Waals surface area contributed by atoms with Gasteiger partial charge in [0.25, 0.3) is 5.91 Å². The SMILES string of the molecule is CN(C(=O)c1cccs1)c1ccccc1C(=O)OCc1csc(-c2ccc(F)cc2)n1. The molecule has 0 saturated heterocycles. The molecule has 5 nitrogen and oxygen atoms in total. The molecule has 0 aliphatic rings. The molecule has 0 fully saturated rings. The van der Waals surface area contributed by atoms with E-state index in [1.807, 2.05) is 5.38 Å². The largest absolute Gasteiger partial charge is 0.455 e. The molecule has 0 unspecified atom stereocenters. The number of benzene rings is 2. The molecule has 0 aliphatic carbocycles. The number of hydrogen-bond acceptors (Lipinski definition) is 6. The van der Waals surface area contributed by atoms with Crippen LogP contribution in [0.3, 0.4) is 0 Å². The highest BCUT2D eigenvalue weighted by Gasteiger charge is 2.21. The third-order valence-corrected chi connectivity index (χ3v) is 6.31. The highest BCUT2D eigenvalue weighted by Crippen LogP contribution is 2.26. The molecule has 0 saturated carbocycles. The van der Waals surface area contributed by atoms with Gasteiger partial charge in [-0.15, -0.1) is 22.7 Å². The Balaban J connectivity index is 1.46. The van der Waals surface area contributed by atoms with Crippen molar-refractivity contribution in [3.05, 3.63) is 93.4 Å². The van der Waals surface area contributed by atoms with E-state index in [2.05, 4.69) is 4.98 Å². The van der Waals surface area contributed by atoms with Gasteiger partial charge in [-0.25, -0.2) is 14.2 Å². The Hall–Kier alpha value is -3.36. The van der Waals surface area contributed by atoms with E-state index in [9.17, 15) is 14.0 Å². The summed E-state index contributed by atoms with van der Waals surface area (Å²) in [5, 5.41) is 4.34. The molecule has 2 aromatic heterocycles. The summed E-state index contributed by atoms with van der Waals surface area (Å²) in [6.45, 7) is -0.00650. The van der Waals surface area contributed by atoms with E-state index in [1.165, 1.54) is 39.7 Å². The third-order valence-electron chi connectivity index (χ3n) is 4.52. The first-order valence-electron chi connectivity index (χ1n) is 9.31. The molecule has 0 spiro atoms. The summed E-state index contributed by atoms with van der Waals surface area (Å²) in [5.74, 6) is -1.05. The maximum Gasteiger partial charge on any atom is 0.340 e. The number of rotatable bonds is 6. The quantitative estimate of drug-likeness (QED) is 0.355.